The summed E-state index contributed by atoms with van der Waals surface area (Å²) in [4.78, 5) is 26.0. The van der Waals surface area contributed by atoms with Gasteiger partial charge < -0.3 is 10.2 Å². The standard InChI is InChI=1S/C16H14N2O2/c19-14-11-18(13-9-5-2-6-10-13)16(20)15(17-14)12-7-3-1-4-8-12/h1-10,15H,11H2,(H,17,19). The van der Waals surface area contributed by atoms with E-state index in [1.54, 1.807) is 0 Å². The molecule has 0 aliphatic carbocycles. The van der Waals surface area contributed by atoms with Crippen LogP contribution >= 0.6 is 0 Å². The largest absolute Gasteiger partial charge is 0.339 e. The molecular weight excluding hydrogens is 252 g/mol. The zero-order valence-corrected chi connectivity index (χ0v) is 10.8. The number of para-hydroxylation sites is 1. The number of anilines is 1. The van der Waals surface area contributed by atoms with Crippen molar-refractivity contribution in [1.82, 2.24) is 5.32 Å². The molecule has 1 N–H and O–H groups in total. The van der Waals surface area contributed by atoms with E-state index >= 15 is 0 Å². The maximum absolute atomic E-state index is 12.6. The Kier molecular flexibility index (Phi) is 3.21. The Balaban J connectivity index is 1.94. The van der Waals surface area contributed by atoms with Gasteiger partial charge in [-0.3, -0.25) is 9.59 Å². The van der Waals surface area contributed by atoms with Crippen molar-refractivity contribution >= 4 is 17.5 Å². The predicted octanol–water partition coefficient (Wildman–Crippen LogP) is 1.89. The highest BCUT2D eigenvalue weighted by atomic mass is 16.2. The second kappa shape index (κ2) is 5.17. The van der Waals surface area contributed by atoms with Crippen LogP contribution in [-0.4, -0.2) is 18.4 Å². The van der Waals surface area contributed by atoms with Crippen LogP contribution in [0.4, 0.5) is 5.69 Å². The summed E-state index contributed by atoms with van der Waals surface area (Å²) < 4.78 is 0. The highest BCUT2D eigenvalue weighted by molar-refractivity contribution is 6.06. The number of nitrogens with one attached hydrogen (secondary N) is 1. The maximum atomic E-state index is 12.6. The Morgan fingerprint density at radius 2 is 1.50 bits per heavy atom. The Labute approximate surface area is 117 Å². The second-order valence-corrected chi connectivity index (χ2v) is 4.67. The minimum Gasteiger partial charge on any atom is -0.339 e. The molecule has 0 aromatic heterocycles. The van der Waals surface area contributed by atoms with Gasteiger partial charge in [0.15, 0.2) is 0 Å². The smallest absolute Gasteiger partial charge is 0.254 e. The van der Waals surface area contributed by atoms with E-state index in [0.717, 1.165) is 11.3 Å². The molecule has 0 saturated carbocycles. The summed E-state index contributed by atoms with van der Waals surface area (Å²) in [6, 6.07) is 17.9. The lowest BCUT2D eigenvalue weighted by molar-refractivity contribution is -0.131. The van der Waals surface area contributed by atoms with Gasteiger partial charge in [-0.05, 0) is 17.7 Å². The van der Waals surface area contributed by atoms with Gasteiger partial charge in [-0.15, -0.1) is 0 Å². The average Bonchev–Trinajstić information content (AvgIpc) is 2.51. The number of hydrogen-bond donors (Lipinski definition) is 1. The molecule has 4 nitrogen and oxygen atoms in total. The van der Waals surface area contributed by atoms with E-state index in [1.807, 2.05) is 60.7 Å². The van der Waals surface area contributed by atoms with Gasteiger partial charge in [0.1, 0.15) is 12.6 Å². The van der Waals surface area contributed by atoms with Gasteiger partial charge in [-0.1, -0.05) is 48.5 Å². The fraction of sp³-hybridized carbons (Fsp3) is 0.125. The molecule has 2 amide bonds. The number of hydrogen-bond acceptors (Lipinski definition) is 2. The van der Waals surface area contributed by atoms with E-state index < -0.39 is 6.04 Å². The normalized spacial score (nSPS) is 18.8. The molecule has 0 radical (unpaired) electrons. The fourth-order valence-electron chi connectivity index (χ4n) is 2.34. The third-order valence-electron chi connectivity index (χ3n) is 3.32. The third kappa shape index (κ3) is 2.28. The van der Waals surface area contributed by atoms with Crippen molar-refractivity contribution in [3.8, 4) is 0 Å². The van der Waals surface area contributed by atoms with Crippen LogP contribution in [0.25, 0.3) is 0 Å². The van der Waals surface area contributed by atoms with E-state index in [9.17, 15) is 9.59 Å². The van der Waals surface area contributed by atoms with Crippen LogP contribution in [0, 0.1) is 0 Å². The lowest BCUT2D eigenvalue weighted by atomic mass is 10.0. The number of carbonyl (C=O) groups is 2. The summed E-state index contributed by atoms with van der Waals surface area (Å²) in [5.74, 6) is -0.260. The first kappa shape index (κ1) is 12.4. The number of benzene rings is 2. The molecule has 1 heterocycles. The molecule has 4 heteroatoms. The van der Waals surface area contributed by atoms with Crippen molar-refractivity contribution in [3.63, 3.8) is 0 Å². The summed E-state index contributed by atoms with van der Waals surface area (Å²) in [7, 11) is 0. The molecule has 1 aliphatic rings. The molecule has 1 fully saturated rings. The van der Waals surface area contributed by atoms with Crippen LogP contribution in [0.2, 0.25) is 0 Å². The van der Waals surface area contributed by atoms with E-state index in [1.165, 1.54) is 4.90 Å². The van der Waals surface area contributed by atoms with Crippen LogP contribution in [0.5, 0.6) is 0 Å². The van der Waals surface area contributed by atoms with Crippen LogP contribution in [0.1, 0.15) is 11.6 Å². The van der Waals surface area contributed by atoms with E-state index in [0.29, 0.717) is 0 Å². The number of carbonyl (C=O) groups excluding carboxylic acids is 2. The van der Waals surface area contributed by atoms with Crippen LogP contribution in [0.15, 0.2) is 60.7 Å². The van der Waals surface area contributed by atoms with Gasteiger partial charge in [-0.25, -0.2) is 0 Å². The van der Waals surface area contributed by atoms with Crippen LogP contribution in [0.3, 0.4) is 0 Å². The molecular formula is C16H14N2O2. The Hall–Kier alpha value is -2.62. The van der Waals surface area contributed by atoms with E-state index in [2.05, 4.69) is 5.32 Å². The molecule has 1 atom stereocenters. The molecule has 2 aromatic rings. The number of rotatable bonds is 2. The number of amides is 2. The quantitative estimate of drug-likeness (QED) is 0.902. The maximum Gasteiger partial charge on any atom is 0.254 e. The second-order valence-electron chi connectivity index (χ2n) is 4.67. The van der Waals surface area contributed by atoms with Gasteiger partial charge in [0.25, 0.3) is 5.91 Å². The van der Waals surface area contributed by atoms with Crippen LogP contribution in [-0.2, 0) is 9.59 Å². The van der Waals surface area contributed by atoms with E-state index in [-0.39, 0.29) is 18.4 Å². The minimum atomic E-state index is -0.613. The van der Waals surface area contributed by atoms with Gasteiger partial charge in [-0.2, -0.15) is 0 Å². The highest BCUT2D eigenvalue weighted by Crippen LogP contribution is 2.23. The van der Waals surface area contributed by atoms with Gasteiger partial charge in [0.2, 0.25) is 5.91 Å². The molecule has 0 bridgehead atoms. The molecule has 1 aliphatic heterocycles. The van der Waals surface area contributed by atoms with E-state index in [4.69, 9.17) is 0 Å². The SMILES string of the molecule is O=C1CN(c2ccccc2)C(=O)C(c2ccccc2)N1. The van der Waals surface area contributed by atoms with Crippen molar-refractivity contribution < 1.29 is 9.59 Å². The van der Waals surface area contributed by atoms with Crippen molar-refractivity contribution in [2.45, 2.75) is 6.04 Å². The summed E-state index contributed by atoms with van der Waals surface area (Å²) in [5, 5.41) is 2.75. The summed E-state index contributed by atoms with van der Waals surface area (Å²) in [6.45, 7) is 0.0617. The first-order chi connectivity index (χ1) is 9.75. The summed E-state index contributed by atoms with van der Waals surface area (Å²) >= 11 is 0. The monoisotopic (exact) mass is 266 g/mol. The fourth-order valence-corrected chi connectivity index (χ4v) is 2.34. The zero-order chi connectivity index (χ0) is 13.9. The Bertz CT molecular complexity index is 572. The molecule has 20 heavy (non-hydrogen) atoms. The predicted molar refractivity (Wildman–Crippen MR) is 76.1 cm³/mol. The third-order valence-corrected chi connectivity index (χ3v) is 3.32. The zero-order valence-electron chi connectivity index (χ0n) is 10.8. The molecule has 1 saturated heterocycles. The molecule has 3 rings (SSSR count). The summed E-state index contributed by atoms with van der Waals surface area (Å²) in [6.07, 6.45) is 0. The summed E-state index contributed by atoms with van der Waals surface area (Å²) in [5.41, 5.74) is 1.54. The Morgan fingerprint density at radius 1 is 0.900 bits per heavy atom. The topological polar surface area (TPSA) is 49.4 Å². The average molecular weight is 266 g/mol. The van der Waals surface area contributed by atoms with Gasteiger partial charge in [0, 0.05) is 5.69 Å². The van der Waals surface area contributed by atoms with Crippen LogP contribution < -0.4 is 10.2 Å². The van der Waals surface area contributed by atoms with Crippen molar-refractivity contribution in [1.29, 1.82) is 0 Å². The van der Waals surface area contributed by atoms with Crippen molar-refractivity contribution in [2.24, 2.45) is 0 Å². The lowest BCUT2D eigenvalue weighted by Gasteiger charge is -2.32. The molecule has 0 spiro atoms. The molecule has 1 unspecified atom stereocenters. The Morgan fingerprint density at radius 3 is 2.15 bits per heavy atom. The highest BCUT2D eigenvalue weighted by Gasteiger charge is 2.34. The molecule has 100 valence electrons. The van der Waals surface area contributed by atoms with Crippen molar-refractivity contribution in [2.75, 3.05) is 11.4 Å². The first-order valence-corrected chi connectivity index (χ1v) is 6.46. The molecule has 2 aromatic carbocycles. The van der Waals surface area contributed by atoms with Gasteiger partial charge in [0.05, 0.1) is 0 Å². The lowest BCUT2D eigenvalue weighted by Crippen LogP contribution is -2.53. The minimum absolute atomic E-state index is 0.0617. The van der Waals surface area contributed by atoms with Crippen molar-refractivity contribution in [3.05, 3.63) is 66.2 Å². The number of piperazine rings is 1. The first-order valence-electron chi connectivity index (χ1n) is 6.46. The number of nitrogens with zero attached hydrogens (tertiary/aromatic N) is 1. The van der Waals surface area contributed by atoms with Gasteiger partial charge >= 0.3 is 0 Å².